The van der Waals surface area contributed by atoms with Gasteiger partial charge in [-0.05, 0) is 52.3 Å². The van der Waals surface area contributed by atoms with E-state index in [-0.39, 0.29) is 11.6 Å². The van der Waals surface area contributed by atoms with Crippen LogP contribution in [0.4, 0.5) is 0 Å². The van der Waals surface area contributed by atoms with Crippen LogP contribution in [-0.4, -0.2) is 39.4 Å². The van der Waals surface area contributed by atoms with E-state index >= 15 is 0 Å². The van der Waals surface area contributed by atoms with Crippen molar-refractivity contribution < 1.29 is 0 Å². The Morgan fingerprint density at radius 1 is 1.24 bits per heavy atom. The fourth-order valence-corrected chi connectivity index (χ4v) is 3.29. The van der Waals surface area contributed by atoms with Gasteiger partial charge in [-0.1, -0.05) is 19.8 Å². The van der Waals surface area contributed by atoms with Crippen LogP contribution in [0.2, 0.25) is 0 Å². The Morgan fingerprint density at radius 3 is 2.38 bits per heavy atom. The maximum absolute atomic E-state index is 6.60. The van der Waals surface area contributed by atoms with Crippen molar-refractivity contribution in [2.24, 2.45) is 12.8 Å². The first-order valence-corrected chi connectivity index (χ1v) is 8.47. The van der Waals surface area contributed by atoms with Crippen LogP contribution in [-0.2, 0) is 19.9 Å². The predicted octanol–water partition coefficient (Wildman–Crippen LogP) is 2.51. The zero-order chi connectivity index (χ0) is 15.5. The first-order chi connectivity index (χ1) is 9.95. The molecule has 21 heavy (non-hydrogen) atoms. The van der Waals surface area contributed by atoms with E-state index in [1.165, 1.54) is 44.5 Å². The molecule has 1 aliphatic heterocycles. The molecule has 1 saturated heterocycles. The van der Waals surface area contributed by atoms with Crippen LogP contribution in [0.25, 0.3) is 0 Å². The molecular formula is C17H32N4. The Bertz CT molecular complexity index is 442. The summed E-state index contributed by atoms with van der Waals surface area (Å²) in [4.78, 5) is 2.60. The van der Waals surface area contributed by atoms with Crippen molar-refractivity contribution in [3.8, 4) is 0 Å². The summed E-state index contributed by atoms with van der Waals surface area (Å²) in [5, 5.41) is 4.54. The van der Waals surface area contributed by atoms with E-state index in [0.717, 1.165) is 18.5 Å². The van der Waals surface area contributed by atoms with Crippen LogP contribution in [0.5, 0.6) is 0 Å². The van der Waals surface area contributed by atoms with Crippen LogP contribution in [0.15, 0.2) is 6.07 Å². The lowest BCUT2D eigenvalue weighted by atomic mass is 9.89. The number of rotatable bonds is 5. The number of nitrogens with two attached hydrogens (primary N) is 1. The summed E-state index contributed by atoms with van der Waals surface area (Å²) in [7, 11) is 2.03. The van der Waals surface area contributed by atoms with Crippen molar-refractivity contribution in [2.75, 3.05) is 13.1 Å². The van der Waals surface area contributed by atoms with E-state index in [9.17, 15) is 0 Å². The highest BCUT2D eigenvalue weighted by Gasteiger charge is 2.33. The van der Waals surface area contributed by atoms with E-state index < -0.39 is 0 Å². The SMILES string of the molecule is CCc1cc(CC(N)C(C)(C)N2CCCCCC2)n(C)n1. The number of likely N-dealkylation sites (tertiary alicyclic amines) is 1. The Kier molecular flexibility index (Phi) is 5.44. The molecule has 0 saturated carbocycles. The molecule has 1 fully saturated rings. The molecular weight excluding hydrogens is 260 g/mol. The van der Waals surface area contributed by atoms with Gasteiger partial charge < -0.3 is 5.73 Å². The van der Waals surface area contributed by atoms with Gasteiger partial charge in [-0.3, -0.25) is 9.58 Å². The fourth-order valence-electron chi connectivity index (χ4n) is 3.29. The standard InChI is InChI=1S/C17H32N4/c1-5-14-12-15(20(4)19-14)13-16(18)17(2,3)21-10-8-6-7-9-11-21/h12,16H,5-11,13,18H2,1-4H3. The molecule has 0 bridgehead atoms. The molecule has 1 aromatic rings. The molecule has 1 unspecified atom stereocenters. The second-order valence-electron chi connectivity index (χ2n) is 6.97. The second kappa shape index (κ2) is 6.93. The van der Waals surface area contributed by atoms with E-state index in [4.69, 9.17) is 5.73 Å². The molecule has 1 aromatic heterocycles. The first-order valence-electron chi connectivity index (χ1n) is 8.47. The molecule has 4 nitrogen and oxygen atoms in total. The zero-order valence-electron chi connectivity index (χ0n) is 14.2. The lowest BCUT2D eigenvalue weighted by molar-refractivity contribution is 0.0972. The van der Waals surface area contributed by atoms with E-state index in [1.54, 1.807) is 0 Å². The monoisotopic (exact) mass is 292 g/mol. The van der Waals surface area contributed by atoms with Gasteiger partial charge >= 0.3 is 0 Å². The lowest BCUT2D eigenvalue weighted by Crippen LogP contribution is -2.57. The van der Waals surface area contributed by atoms with Crippen molar-refractivity contribution in [1.82, 2.24) is 14.7 Å². The summed E-state index contributed by atoms with van der Waals surface area (Å²) in [5.41, 5.74) is 9.06. The van der Waals surface area contributed by atoms with Gasteiger partial charge in [0.05, 0.1) is 5.69 Å². The summed E-state index contributed by atoms with van der Waals surface area (Å²) in [5.74, 6) is 0. The molecule has 0 aliphatic carbocycles. The van der Waals surface area contributed by atoms with E-state index in [2.05, 4.69) is 36.8 Å². The van der Waals surface area contributed by atoms with Crippen LogP contribution in [0.3, 0.4) is 0 Å². The minimum Gasteiger partial charge on any atom is -0.326 e. The summed E-state index contributed by atoms with van der Waals surface area (Å²) in [6, 6.07) is 2.34. The Morgan fingerprint density at radius 2 is 1.86 bits per heavy atom. The molecule has 2 heterocycles. The molecule has 2 rings (SSSR count). The Hall–Kier alpha value is -0.870. The third kappa shape index (κ3) is 3.86. The van der Waals surface area contributed by atoms with Gasteiger partial charge in [0.2, 0.25) is 0 Å². The van der Waals surface area contributed by atoms with Gasteiger partial charge in [-0.25, -0.2) is 0 Å². The lowest BCUT2D eigenvalue weighted by Gasteiger charge is -2.42. The number of aromatic nitrogens is 2. The average molecular weight is 292 g/mol. The topological polar surface area (TPSA) is 47.1 Å². The van der Waals surface area contributed by atoms with Crippen molar-refractivity contribution in [3.05, 3.63) is 17.5 Å². The first kappa shape index (κ1) is 16.5. The fraction of sp³-hybridized carbons (Fsp3) is 0.824. The molecule has 0 amide bonds. The number of aryl methyl sites for hydroxylation is 2. The van der Waals surface area contributed by atoms with Crippen molar-refractivity contribution in [3.63, 3.8) is 0 Å². The van der Waals surface area contributed by atoms with Crippen LogP contribution < -0.4 is 5.73 Å². The average Bonchev–Trinajstić information content (AvgIpc) is 2.68. The van der Waals surface area contributed by atoms with Crippen molar-refractivity contribution in [1.29, 1.82) is 0 Å². The molecule has 4 heteroatoms. The quantitative estimate of drug-likeness (QED) is 0.907. The number of nitrogens with zero attached hydrogens (tertiary/aromatic N) is 3. The van der Waals surface area contributed by atoms with Crippen molar-refractivity contribution in [2.45, 2.75) is 70.9 Å². The molecule has 2 N–H and O–H groups in total. The summed E-state index contributed by atoms with van der Waals surface area (Å²) in [6.07, 6.45) is 7.22. The predicted molar refractivity (Wildman–Crippen MR) is 88.4 cm³/mol. The molecule has 0 spiro atoms. The third-order valence-corrected chi connectivity index (χ3v) is 5.15. The highest BCUT2D eigenvalue weighted by atomic mass is 15.3. The number of hydrogen-bond donors (Lipinski definition) is 1. The molecule has 120 valence electrons. The Balaban J connectivity index is 2.05. The molecule has 0 radical (unpaired) electrons. The summed E-state index contributed by atoms with van der Waals surface area (Å²) < 4.78 is 2.00. The van der Waals surface area contributed by atoms with Crippen LogP contribution in [0, 0.1) is 0 Å². The summed E-state index contributed by atoms with van der Waals surface area (Å²) in [6.45, 7) is 9.13. The number of hydrogen-bond acceptors (Lipinski definition) is 3. The molecule has 1 atom stereocenters. The van der Waals surface area contributed by atoms with E-state index in [1.807, 2.05) is 11.7 Å². The van der Waals surface area contributed by atoms with Gasteiger partial charge in [0.15, 0.2) is 0 Å². The maximum Gasteiger partial charge on any atom is 0.0624 e. The minimum absolute atomic E-state index is 0.0426. The summed E-state index contributed by atoms with van der Waals surface area (Å²) >= 11 is 0. The minimum atomic E-state index is 0.0426. The van der Waals surface area contributed by atoms with Crippen LogP contribution >= 0.6 is 0 Å². The van der Waals surface area contributed by atoms with Gasteiger partial charge in [-0.2, -0.15) is 5.10 Å². The highest BCUT2D eigenvalue weighted by molar-refractivity contribution is 5.13. The van der Waals surface area contributed by atoms with E-state index in [0.29, 0.717) is 0 Å². The van der Waals surface area contributed by atoms with Crippen molar-refractivity contribution >= 4 is 0 Å². The van der Waals surface area contributed by atoms with Crippen LogP contribution in [0.1, 0.15) is 57.8 Å². The smallest absolute Gasteiger partial charge is 0.0624 e. The third-order valence-electron chi connectivity index (χ3n) is 5.15. The molecule has 1 aliphatic rings. The van der Waals surface area contributed by atoms with Gasteiger partial charge in [-0.15, -0.1) is 0 Å². The van der Waals surface area contributed by atoms with Gasteiger partial charge in [0.25, 0.3) is 0 Å². The molecule has 0 aromatic carbocycles. The Labute approximate surface area is 129 Å². The maximum atomic E-state index is 6.60. The van der Waals surface area contributed by atoms with Gasteiger partial charge in [0, 0.05) is 30.7 Å². The van der Waals surface area contributed by atoms with Gasteiger partial charge in [0.1, 0.15) is 0 Å². The highest BCUT2D eigenvalue weighted by Crippen LogP contribution is 2.24. The normalized spacial score (nSPS) is 19.5. The second-order valence-corrected chi connectivity index (χ2v) is 6.97. The largest absolute Gasteiger partial charge is 0.326 e. The zero-order valence-corrected chi connectivity index (χ0v) is 14.2.